The number of aromatic nitrogens is 2. The van der Waals surface area contributed by atoms with E-state index in [0.29, 0.717) is 0 Å². The Morgan fingerprint density at radius 2 is 0.708 bits per heavy atom. The van der Waals surface area contributed by atoms with Gasteiger partial charge in [-0.3, -0.25) is 0 Å². The molecule has 72 heavy (non-hydrogen) atoms. The summed E-state index contributed by atoms with van der Waals surface area (Å²) in [6.07, 6.45) is 4.34. The molecule has 5 nitrogen and oxygen atoms in total. The van der Waals surface area contributed by atoms with Crippen molar-refractivity contribution >= 4 is 96.1 Å². The summed E-state index contributed by atoms with van der Waals surface area (Å²) in [6.45, 7) is 9.08. The van der Waals surface area contributed by atoms with Crippen molar-refractivity contribution in [2.24, 2.45) is 0 Å². The van der Waals surface area contributed by atoms with Crippen LogP contribution in [0.3, 0.4) is 0 Å². The molecule has 4 heterocycles. The number of rotatable bonds is 13. The molecule has 0 amide bonds. The summed E-state index contributed by atoms with van der Waals surface area (Å²) in [7, 11) is 0. The molecule has 348 valence electrons. The largest absolute Gasteiger partial charge is 0.315 e. The Kier molecular flexibility index (Phi) is 10.7. The van der Waals surface area contributed by atoms with Gasteiger partial charge in [0, 0.05) is 67.7 Å². The Morgan fingerprint density at radius 3 is 1.06 bits per heavy atom. The van der Waals surface area contributed by atoms with Gasteiger partial charge in [-0.15, -0.1) is 0 Å². The van der Waals surface area contributed by atoms with Gasteiger partial charge in [0.25, 0.3) is 6.71 Å². The number of para-hydroxylation sites is 4. The first-order chi connectivity index (χ1) is 35.5. The fourth-order valence-electron chi connectivity index (χ4n) is 12.1. The van der Waals surface area contributed by atoms with Crippen molar-refractivity contribution in [1.82, 2.24) is 9.13 Å². The minimum Gasteiger partial charge on any atom is -0.315 e. The predicted octanol–water partition coefficient (Wildman–Crippen LogP) is 15.6. The minimum atomic E-state index is -0.0281. The van der Waals surface area contributed by atoms with E-state index in [2.05, 4.69) is 270 Å². The van der Waals surface area contributed by atoms with E-state index in [0.717, 1.165) is 76.9 Å². The van der Waals surface area contributed by atoms with Gasteiger partial charge in [-0.1, -0.05) is 136 Å². The highest BCUT2D eigenvalue weighted by Crippen LogP contribution is 2.46. The number of hydrogen-bond donors (Lipinski definition) is 0. The lowest BCUT2D eigenvalue weighted by atomic mass is 9.34. The molecule has 2 aliphatic heterocycles. The van der Waals surface area contributed by atoms with E-state index in [1.165, 1.54) is 72.1 Å². The molecule has 0 aliphatic carbocycles. The quantitative estimate of drug-likeness (QED) is 0.107. The molecule has 0 N–H and O–H groups in total. The smallest absolute Gasteiger partial charge is 0.252 e. The standard InChI is InChI=1S/C66H56BN5/c1-5-19-47-29-33-53(34-30-47)70(54-35-31-48(20-6-2)32-36-54)55-43-62-64-63(44-55)69-46(4)42-57-61(72(51-25-15-9-16-26-51)52-27-17-10-18-28-52)40-38-59(66(57)69)67(64)58-37-39-60(56-41-45(3)68(62)65(56)58)71(49-21-11-7-12-22-49)50-23-13-8-14-24-50/h7-18,21-44H,5-6,19-20H2,1-4H3. The van der Waals surface area contributed by atoms with Gasteiger partial charge < -0.3 is 23.8 Å². The van der Waals surface area contributed by atoms with Gasteiger partial charge >= 0.3 is 0 Å². The first-order valence-corrected chi connectivity index (χ1v) is 25.8. The fourth-order valence-corrected chi connectivity index (χ4v) is 12.1. The first kappa shape index (κ1) is 43.5. The van der Waals surface area contributed by atoms with Crippen molar-refractivity contribution in [3.8, 4) is 11.4 Å². The van der Waals surface area contributed by atoms with Crippen LogP contribution in [0.2, 0.25) is 0 Å². The summed E-state index contributed by atoms with van der Waals surface area (Å²) in [5.74, 6) is 0. The third-order valence-electron chi connectivity index (χ3n) is 15.1. The second-order valence-electron chi connectivity index (χ2n) is 19.6. The van der Waals surface area contributed by atoms with Crippen molar-refractivity contribution < 1.29 is 0 Å². The highest BCUT2D eigenvalue weighted by atomic mass is 15.2. The topological polar surface area (TPSA) is 19.6 Å². The number of hydrogen-bond acceptors (Lipinski definition) is 3. The van der Waals surface area contributed by atoms with Crippen LogP contribution < -0.4 is 31.1 Å². The van der Waals surface area contributed by atoms with Gasteiger partial charge in [-0.2, -0.15) is 0 Å². The van der Waals surface area contributed by atoms with E-state index in [9.17, 15) is 0 Å². The summed E-state index contributed by atoms with van der Waals surface area (Å²) in [6, 6.07) is 81.3. The van der Waals surface area contributed by atoms with Crippen molar-refractivity contribution in [3.05, 3.63) is 241 Å². The van der Waals surface area contributed by atoms with Crippen molar-refractivity contribution in [2.45, 2.75) is 53.4 Å². The number of nitrogens with zero attached hydrogens (tertiary/aromatic N) is 5. The molecular weight excluding hydrogens is 874 g/mol. The number of anilines is 9. The summed E-state index contributed by atoms with van der Waals surface area (Å²) in [4.78, 5) is 7.34. The number of benzene rings is 9. The lowest BCUT2D eigenvalue weighted by Gasteiger charge is -2.37. The van der Waals surface area contributed by atoms with Gasteiger partial charge in [0.05, 0.1) is 28.1 Å². The molecule has 0 fully saturated rings. The molecule has 9 aromatic carbocycles. The van der Waals surface area contributed by atoms with Gasteiger partial charge in [0.2, 0.25) is 0 Å². The fraction of sp³-hybridized carbons (Fsp3) is 0.121. The minimum absolute atomic E-state index is 0.0281. The molecule has 0 bridgehead atoms. The van der Waals surface area contributed by atoms with E-state index in [-0.39, 0.29) is 6.71 Å². The van der Waals surface area contributed by atoms with E-state index in [1.54, 1.807) is 0 Å². The van der Waals surface area contributed by atoms with Crippen LogP contribution in [0.4, 0.5) is 51.2 Å². The Bertz CT molecular complexity index is 3460. The first-order valence-electron chi connectivity index (χ1n) is 25.8. The lowest BCUT2D eigenvalue weighted by molar-refractivity contribution is 0.921. The second-order valence-corrected chi connectivity index (χ2v) is 19.6. The zero-order valence-electron chi connectivity index (χ0n) is 41.4. The van der Waals surface area contributed by atoms with Crippen LogP contribution in [0.15, 0.2) is 218 Å². The monoisotopic (exact) mass is 929 g/mol. The van der Waals surface area contributed by atoms with E-state index in [4.69, 9.17) is 0 Å². The maximum absolute atomic E-state index is 2.58. The van der Waals surface area contributed by atoms with Crippen LogP contribution in [0.25, 0.3) is 33.2 Å². The molecular formula is C66H56BN5. The molecule has 0 radical (unpaired) electrons. The average Bonchev–Trinajstić information content (AvgIpc) is 3.97. The Labute approximate surface area is 423 Å². The third-order valence-corrected chi connectivity index (χ3v) is 15.1. The van der Waals surface area contributed by atoms with E-state index >= 15 is 0 Å². The van der Waals surface area contributed by atoms with Gasteiger partial charge in [0.1, 0.15) is 0 Å². The zero-order valence-corrected chi connectivity index (χ0v) is 41.4. The summed E-state index contributed by atoms with van der Waals surface area (Å²) < 4.78 is 5.16. The molecule has 0 spiro atoms. The Hall–Kier alpha value is -8.48. The van der Waals surface area contributed by atoms with Crippen molar-refractivity contribution in [2.75, 3.05) is 14.7 Å². The number of aryl methyl sites for hydroxylation is 4. The van der Waals surface area contributed by atoms with E-state index in [1.807, 2.05) is 0 Å². The van der Waals surface area contributed by atoms with Gasteiger partial charge in [0.15, 0.2) is 0 Å². The van der Waals surface area contributed by atoms with Crippen LogP contribution in [0.1, 0.15) is 49.2 Å². The molecule has 13 rings (SSSR count). The maximum Gasteiger partial charge on any atom is 0.252 e. The second kappa shape index (κ2) is 17.7. The highest BCUT2D eigenvalue weighted by Gasteiger charge is 2.42. The zero-order chi connectivity index (χ0) is 48.5. The van der Waals surface area contributed by atoms with Crippen LogP contribution in [0.5, 0.6) is 0 Å². The molecule has 2 aliphatic rings. The normalized spacial score (nSPS) is 12.1. The Balaban J connectivity index is 1.12. The van der Waals surface area contributed by atoms with Crippen molar-refractivity contribution in [1.29, 1.82) is 0 Å². The van der Waals surface area contributed by atoms with Gasteiger partial charge in [-0.05, 0) is 163 Å². The molecule has 0 atom stereocenters. The SMILES string of the molecule is CCCc1ccc(N(c2ccc(CCC)cc2)c2cc3c4c(c2)-n2c(C)cc5c(N(c6ccccc6)c6ccccc6)ccc(c52)B4c2ccc(N(c4ccccc4)c4ccccc4)c4cc(C)n-3c24)cc1. The van der Waals surface area contributed by atoms with Crippen LogP contribution >= 0.6 is 0 Å². The van der Waals surface area contributed by atoms with Crippen LogP contribution in [0, 0.1) is 13.8 Å². The molecule has 6 heteroatoms. The maximum atomic E-state index is 2.58. The Morgan fingerprint density at radius 1 is 0.361 bits per heavy atom. The summed E-state index contributed by atoms with van der Waals surface area (Å²) >= 11 is 0. The third kappa shape index (κ3) is 6.99. The highest BCUT2D eigenvalue weighted by molar-refractivity contribution is 7.00. The molecule has 0 unspecified atom stereocenters. The van der Waals surface area contributed by atoms with Crippen LogP contribution in [-0.4, -0.2) is 15.8 Å². The predicted molar refractivity (Wildman–Crippen MR) is 306 cm³/mol. The average molecular weight is 930 g/mol. The molecule has 0 saturated heterocycles. The molecule has 2 aromatic heterocycles. The van der Waals surface area contributed by atoms with E-state index < -0.39 is 0 Å². The number of fused-ring (bicyclic) bond motifs is 4. The summed E-state index contributed by atoms with van der Waals surface area (Å²) in [5, 5.41) is 2.46. The molecule has 11 aromatic rings. The lowest BCUT2D eigenvalue weighted by Crippen LogP contribution is -2.59. The van der Waals surface area contributed by atoms with Crippen molar-refractivity contribution in [3.63, 3.8) is 0 Å². The van der Waals surface area contributed by atoms with Crippen LogP contribution in [-0.2, 0) is 12.8 Å². The molecule has 0 saturated carbocycles. The van der Waals surface area contributed by atoms with Gasteiger partial charge in [-0.25, -0.2) is 0 Å². The summed E-state index contributed by atoms with van der Waals surface area (Å²) in [5.41, 5.74) is 24.3.